The molecule has 0 atom stereocenters. The molecule has 0 unspecified atom stereocenters. The predicted molar refractivity (Wildman–Crippen MR) is 84.3 cm³/mol. The van der Waals surface area contributed by atoms with E-state index < -0.39 is 0 Å². The Morgan fingerprint density at radius 1 is 1.39 bits per heavy atom. The first-order chi connectivity index (χ1) is 11.0. The van der Waals surface area contributed by atoms with Crippen LogP contribution < -0.4 is 5.32 Å². The molecule has 1 fully saturated rings. The Bertz CT molecular complexity index is 705. The molecule has 124 valence electrons. The lowest BCUT2D eigenvalue weighted by Crippen LogP contribution is -2.55. The van der Waals surface area contributed by atoms with Gasteiger partial charge in [-0.25, -0.2) is 9.50 Å². The fourth-order valence-corrected chi connectivity index (χ4v) is 2.66. The minimum atomic E-state index is -0.281. The summed E-state index contributed by atoms with van der Waals surface area (Å²) in [6, 6.07) is 1.82. The topological polar surface area (TPSA) is 84.7 Å². The molecule has 3 rings (SSSR count). The molecule has 0 bridgehead atoms. The first-order valence-corrected chi connectivity index (χ1v) is 7.77. The summed E-state index contributed by atoms with van der Waals surface area (Å²) < 4.78 is 6.95. The normalized spacial score (nSPS) is 16.7. The highest BCUT2D eigenvalue weighted by atomic mass is 16.5. The van der Waals surface area contributed by atoms with Crippen molar-refractivity contribution in [1.82, 2.24) is 29.8 Å². The van der Waals surface area contributed by atoms with Gasteiger partial charge in [-0.2, -0.15) is 4.98 Å². The number of aryl methyl sites for hydroxylation is 1. The Morgan fingerprint density at radius 2 is 2.13 bits per heavy atom. The third-order valence-electron chi connectivity index (χ3n) is 4.18. The molecule has 1 aliphatic rings. The molecular formula is C15H22N6O2. The highest BCUT2D eigenvalue weighted by molar-refractivity contribution is 5.90. The van der Waals surface area contributed by atoms with Crippen LogP contribution in [-0.2, 0) is 4.74 Å². The monoisotopic (exact) mass is 318 g/mol. The molecule has 0 saturated carbocycles. The number of amides is 1. The van der Waals surface area contributed by atoms with Gasteiger partial charge in [0.1, 0.15) is 0 Å². The van der Waals surface area contributed by atoms with Crippen molar-refractivity contribution in [2.24, 2.45) is 0 Å². The fourth-order valence-electron chi connectivity index (χ4n) is 2.66. The standard InChI is InChI=1S/C15H22N6O2/c1-11-4-5-16-14-18-12(19-21(11)14)13(22)17-10-15(2,3)20-6-8-23-9-7-20/h4-5H,6-10H2,1-3H3,(H,17,22). The number of carbonyl (C=O) groups excluding carboxylic acids is 1. The van der Waals surface area contributed by atoms with Gasteiger partial charge in [0.15, 0.2) is 0 Å². The van der Waals surface area contributed by atoms with Crippen molar-refractivity contribution in [2.75, 3.05) is 32.8 Å². The summed E-state index contributed by atoms with van der Waals surface area (Å²) in [5.41, 5.74) is 0.738. The van der Waals surface area contributed by atoms with Crippen molar-refractivity contribution in [3.8, 4) is 0 Å². The average Bonchev–Trinajstić information content (AvgIpc) is 2.99. The summed E-state index contributed by atoms with van der Waals surface area (Å²) >= 11 is 0. The Balaban J connectivity index is 1.67. The van der Waals surface area contributed by atoms with Crippen LogP contribution in [0.1, 0.15) is 30.2 Å². The maximum absolute atomic E-state index is 12.3. The van der Waals surface area contributed by atoms with Crippen molar-refractivity contribution in [3.05, 3.63) is 23.8 Å². The quantitative estimate of drug-likeness (QED) is 0.871. The van der Waals surface area contributed by atoms with E-state index in [-0.39, 0.29) is 17.3 Å². The first kappa shape index (κ1) is 15.8. The number of hydrogen-bond donors (Lipinski definition) is 1. The van der Waals surface area contributed by atoms with E-state index in [0.29, 0.717) is 12.3 Å². The SMILES string of the molecule is Cc1ccnc2nc(C(=O)NCC(C)(C)N3CCOCC3)nn12. The highest BCUT2D eigenvalue weighted by Gasteiger charge is 2.29. The van der Waals surface area contributed by atoms with Crippen LogP contribution in [0.2, 0.25) is 0 Å². The number of morpholine rings is 1. The lowest BCUT2D eigenvalue weighted by Gasteiger charge is -2.40. The van der Waals surface area contributed by atoms with E-state index in [4.69, 9.17) is 4.74 Å². The molecule has 23 heavy (non-hydrogen) atoms. The summed E-state index contributed by atoms with van der Waals surface area (Å²) in [5, 5.41) is 7.15. The minimum absolute atomic E-state index is 0.143. The summed E-state index contributed by atoms with van der Waals surface area (Å²) in [6.45, 7) is 9.85. The summed E-state index contributed by atoms with van der Waals surface area (Å²) in [6.07, 6.45) is 1.66. The number of carbonyl (C=O) groups is 1. The van der Waals surface area contributed by atoms with Gasteiger partial charge in [0.25, 0.3) is 11.7 Å². The number of rotatable bonds is 4. The largest absolute Gasteiger partial charge is 0.379 e. The third kappa shape index (κ3) is 3.32. The number of ether oxygens (including phenoxy) is 1. The van der Waals surface area contributed by atoms with Crippen LogP contribution >= 0.6 is 0 Å². The molecule has 1 saturated heterocycles. The maximum Gasteiger partial charge on any atom is 0.291 e. The Morgan fingerprint density at radius 3 is 2.83 bits per heavy atom. The molecule has 0 aliphatic carbocycles. The molecule has 0 aromatic carbocycles. The van der Waals surface area contributed by atoms with Gasteiger partial charge in [0.05, 0.1) is 13.2 Å². The van der Waals surface area contributed by atoms with E-state index in [1.54, 1.807) is 10.7 Å². The molecular weight excluding hydrogens is 296 g/mol. The van der Waals surface area contributed by atoms with E-state index in [2.05, 4.69) is 39.1 Å². The summed E-state index contributed by atoms with van der Waals surface area (Å²) in [5.74, 6) is 0.295. The first-order valence-electron chi connectivity index (χ1n) is 7.77. The third-order valence-corrected chi connectivity index (χ3v) is 4.18. The molecule has 8 heteroatoms. The van der Waals surface area contributed by atoms with Gasteiger partial charge in [-0.15, -0.1) is 5.10 Å². The zero-order valence-electron chi connectivity index (χ0n) is 13.7. The van der Waals surface area contributed by atoms with Gasteiger partial charge in [-0.3, -0.25) is 9.69 Å². The summed E-state index contributed by atoms with van der Waals surface area (Å²) in [7, 11) is 0. The number of hydrogen-bond acceptors (Lipinski definition) is 6. The molecule has 0 radical (unpaired) electrons. The van der Waals surface area contributed by atoms with Crippen LogP contribution in [0.15, 0.2) is 12.3 Å². The fraction of sp³-hybridized carbons (Fsp3) is 0.600. The van der Waals surface area contributed by atoms with Crippen LogP contribution in [0, 0.1) is 6.92 Å². The zero-order chi connectivity index (χ0) is 16.4. The van der Waals surface area contributed by atoms with Crippen molar-refractivity contribution >= 4 is 11.7 Å². The molecule has 2 aromatic heterocycles. The smallest absolute Gasteiger partial charge is 0.291 e. The van der Waals surface area contributed by atoms with E-state index in [1.165, 1.54) is 0 Å². The van der Waals surface area contributed by atoms with E-state index in [0.717, 1.165) is 32.0 Å². The second kappa shape index (κ2) is 6.21. The van der Waals surface area contributed by atoms with Gasteiger partial charge in [-0.05, 0) is 26.8 Å². The van der Waals surface area contributed by atoms with Crippen LogP contribution in [0.4, 0.5) is 0 Å². The van der Waals surface area contributed by atoms with E-state index in [9.17, 15) is 4.79 Å². The predicted octanol–water partition coefficient (Wildman–Crippen LogP) is 0.273. The molecule has 1 amide bonds. The summed E-state index contributed by atoms with van der Waals surface area (Å²) in [4.78, 5) is 23.0. The van der Waals surface area contributed by atoms with Gasteiger partial charge in [-0.1, -0.05) is 0 Å². The van der Waals surface area contributed by atoms with Gasteiger partial charge in [0.2, 0.25) is 5.82 Å². The molecule has 8 nitrogen and oxygen atoms in total. The van der Waals surface area contributed by atoms with Gasteiger partial charge >= 0.3 is 0 Å². The minimum Gasteiger partial charge on any atom is -0.379 e. The van der Waals surface area contributed by atoms with Crippen molar-refractivity contribution in [3.63, 3.8) is 0 Å². The van der Waals surface area contributed by atoms with Crippen LogP contribution in [0.3, 0.4) is 0 Å². The zero-order valence-corrected chi connectivity index (χ0v) is 13.7. The lowest BCUT2D eigenvalue weighted by molar-refractivity contribution is -0.00926. The second-order valence-corrected chi connectivity index (χ2v) is 6.33. The van der Waals surface area contributed by atoms with Crippen LogP contribution in [0.5, 0.6) is 0 Å². The molecule has 1 aliphatic heterocycles. The Hall–Kier alpha value is -2.06. The van der Waals surface area contributed by atoms with E-state index >= 15 is 0 Å². The maximum atomic E-state index is 12.3. The number of nitrogens with zero attached hydrogens (tertiary/aromatic N) is 5. The highest BCUT2D eigenvalue weighted by Crippen LogP contribution is 2.15. The lowest BCUT2D eigenvalue weighted by atomic mass is 10.0. The average molecular weight is 318 g/mol. The second-order valence-electron chi connectivity index (χ2n) is 6.33. The number of nitrogens with one attached hydrogen (secondary N) is 1. The number of fused-ring (bicyclic) bond motifs is 1. The molecule has 1 N–H and O–H groups in total. The molecule has 0 spiro atoms. The van der Waals surface area contributed by atoms with Crippen molar-refractivity contribution in [2.45, 2.75) is 26.3 Å². The van der Waals surface area contributed by atoms with Crippen molar-refractivity contribution in [1.29, 1.82) is 0 Å². The Kier molecular flexibility index (Phi) is 4.27. The van der Waals surface area contributed by atoms with Gasteiger partial charge < -0.3 is 10.1 Å². The molecule has 2 aromatic rings. The molecule has 3 heterocycles. The van der Waals surface area contributed by atoms with Crippen LogP contribution in [0.25, 0.3) is 5.78 Å². The van der Waals surface area contributed by atoms with Crippen molar-refractivity contribution < 1.29 is 9.53 Å². The van der Waals surface area contributed by atoms with Crippen LogP contribution in [-0.4, -0.2) is 68.8 Å². The van der Waals surface area contributed by atoms with E-state index in [1.807, 2.05) is 13.0 Å². The number of aromatic nitrogens is 4. The van der Waals surface area contributed by atoms with Gasteiger partial charge in [0, 0.05) is 37.1 Å². The Labute approximate surface area is 134 Å².